The summed E-state index contributed by atoms with van der Waals surface area (Å²) in [5.41, 5.74) is 4.06. The van der Waals surface area contributed by atoms with Gasteiger partial charge in [-0.05, 0) is 38.3 Å². The first kappa shape index (κ1) is 19.2. The van der Waals surface area contributed by atoms with Crippen LogP contribution < -0.4 is 10.6 Å². The Hall–Kier alpha value is -1.15. The van der Waals surface area contributed by atoms with E-state index in [9.17, 15) is 0 Å². The lowest BCUT2D eigenvalue weighted by Crippen LogP contribution is -2.41. The van der Waals surface area contributed by atoms with Gasteiger partial charge < -0.3 is 10.6 Å². The molecule has 4 nitrogen and oxygen atoms in total. The van der Waals surface area contributed by atoms with Crippen LogP contribution in [0.4, 0.5) is 0 Å². The number of thiazole rings is 1. The van der Waals surface area contributed by atoms with Gasteiger partial charge >= 0.3 is 0 Å². The van der Waals surface area contributed by atoms with Gasteiger partial charge in [-0.1, -0.05) is 24.3 Å². The fourth-order valence-corrected chi connectivity index (χ4v) is 3.84. The minimum Gasteiger partial charge on any atom is -0.357 e. The van der Waals surface area contributed by atoms with E-state index < -0.39 is 0 Å². The summed E-state index contributed by atoms with van der Waals surface area (Å²) in [5, 5.41) is 7.92. The Morgan fingerprint density at radius 3 is 2.75 bits per heavy atom. The van der Waals surface area contributed by atoms with Crippen molar-refractivity contribution in [1.82, 2.24) is 15.6 Å². The van der Waals surface area contributed by atoms with Crippen LogP contribution in [0.2, 0.25) is 0 Å². The maximum absolute atomic E-state index is 4.71. The highest BCUT2D eigenvalue weighted by molar-refractivity contribution is 14.0. The van der Waals surface area contributed by atoms with Crippen LogP contribution in [0.3, 0.4) is 0 Å². The van der Waals surface area contributed by atoms with Gasteiger partial charge in [-0.15, -0.1) is 35.3 Å². The van der Waals surface area contributed by atoms with Crippen LogP contribution in [0.5, 0.6) is 0 Å². The van der Waals surface area contributed by atoms with Gasteiger partial charge in [0.05, 0.1) is 17.2 Å². The van der Waals surface area contributed by atoms with Crippen molar-refractivity contribution in [2.45, 2.75) is 39.7 Å². The molecule has 0 radical (unpaired) electrons. The van der Waals surface area contributed by atoms with Crippen molar-refractivity contribution < 1.29 is 0 Å². The van der Waals surface area contributed by atoms with E-state index in [0.29, 0.717) is 12.5 Å². The van der Waals surface area contributed by atoms with E-state index in [2.05, 4.69) is 53.7 Å². The lowest BCUT2D eigenvalue weighted by atomic mass is 9.78. The molecule has 3 rings (SSSR count). The smallest absolute Gasteiger partial charge is 0.191 e. The van der Waals surface area contributed by atoms with Crippen LogP contribution in [0.25, 0.3) is 0 Å². The molecular weight excluding hydrogens is 431 g/mol. The molecule has 0 saturated heterocycles. The highest BCUT2D eigenvalue weighted by atomic mass is 127. The number of rotatable bonds is 5. The van der Waals surface area contributed by atoms with Gasteiger partial charge in [-0.2, -0.15) is 0 Å². The van der Waals surface area contributed by atoms with Crippen LogP contribution in [0.15, 0.2) is 29.3 Å². The molecule has 2 N–H and O–H groups in total. The molecule has 24 heavy (non-hydrogen) atoms. The second-order valence-electron chi connectivity index (χ2n) is 5.92. The fraction of sp³-hybridized carbons (Fsp3) is 0.444. The highest BCUT2D eigenvalue weighted by Crippen LogP contribution is 2.33. The number of guanidine groups is 1. The van der Waals surface area contributed by atoms with Crippen molar-refractivity contribution in [1.29, 1.82) is 0 Å². The van der Waals surface area contributed by atoms with E-state index in [1.807, 2.05) is 6.92 Å². The number of hydrogen-bond acceptors (Lipinski definition) is 3. The molecule has 0 spiro atoms. The van der Waals surface area contributed by atoms with Crippen molar-refractivity contribution in [2.75, 3.05) is 13.1 Å². The molecule has 0 saturated carbocycles. The van der Waals surface area contributed by atoms with E-state index in [4.69, 9.17) is 4.99 Å². The minimum atomic E-state index is 0. The van der Waals surface area contributed by atoms with Crippen LogP contribution in [0.1, 0.15) is 39.5 Å². The zero-order chi connectivity index (χ0) is 16.2. The maximum atomic E-state index is 4.71. The number of aliphatic imine (C=N–C) groups is 1. The number of benzene rings is 1. The van der Waals surface area contributed by atoms with Crippen molar-refractivity contribution in [3.63, 3.8) is 0 Å². The average Bonchev–Trinajstić information content (AvgIpc) is 2.83. The quantitative estimate of drug-likeness (QED) is 0.409. The number of hydrogen-bond donors (Lipinski definition) is 2. The van der Waals surface area contributed by atoms with E-state index in [1.165, 1.54) is 16.0 Å². The second kappa shape index (κ2) is 8.80. The first-order valence-corrected chi connectivity index (χ1v) is 9.02. The first-order valence-electron chi connectivity index (χ1n) is 8.20. The Morgan fingerprint density at radius 1 is 1.29 bits per heavy atom. The minimum absolute atomic E-state index is 0. The van der Waals surface area contributed by atoms with Crippen molar-refractivity contribution in [3.05, 3.63) is 51.0 Å². The molecule has 1 atom stereocenters. The number of nitrogens with zero attached hydrogens (tertiary/aromatic N) is 2. The lowest BCUT2D eigenvalue weighted by molar-refractivity contribution is 0.584. The van der Waals surface area contributed by atoms with Gasteiger partial charge in [-0.3, -0.25) is 0 Å². The Labute approximate surface area is 165 Å². The Kier molecular flexibility index (Phi) is 7.03. The third kappa shape index (κ3) is 4.47. The van der Waals surface area contributed by atoms with Crippen molar-refractivity contribution in [2.24, 2.45) is 4.99 Å². The zero-order valence-electron chi connectivity index (χ0n) is 14.4. The molecule has 1 heterocycles. The lowest BCUT2D eigenvalue weighted by Gasteiger charge is -2.30. The molecule has 0 amide bonds. The van der Waals surface area contributed by atoms with Gasteiger partial charge in [0.2, 0.25) is 0 Å². The van der Waals surface area contributed by atoms with Gasteiger partial charge in [0.25, 0.3) is 0 Å². The number of halogens is 1. The summed E-state index contributed by atoms with van der Waals surface area (Å²) in [5.74, 6) is 1.49. The monoisotopic (exact) mass is 456 g/mol. The summed E-state index contributed by atoms with van der Waals surface area (Å²) in [6, 6.07) is 8.70. The molecule has 1 aromatic heterocycles. The third-order valence-corrected chi connectivity index (χ3v) is 5.26. The first-order chi connectivity index (χ1) is 11.2. The Balaban J connectivity index is 0.00000208. The molecule has 1 aliphatic rings. The molecule has 0 aliphatic heterocycles. The van der Waals surface area contributed by atoms with E-state index in [1.54, 1.807) is 11.3 Å². The number of aromatic nitrogens is 1. The summed E-state index contributed by atoms with van der Waals surface area (Å²) in [6.07, 6.45) is 1.16. The summed E-state index contributed by atoms with van der Waals surface area (Å²) >= 11 is 1.73. The average molecular weight is 456 g/mol. The predicted octanol–water partition coefficient (Wildman–Crippen LogP) is 3.77. The zero-order valence-corrected chi connectivity index (χ0v) is 17.6. The van der Waals surface area contributed by atoms with Crippen LogP contribution in [-0.4, -0.2) is 24.0 Å². The molecule has 0 bridgehead atoms. The predicted molar refractivity (Wildman–Crippen MR) is 113 cm³/mol. The van der Waals surface area contributed by atoms with Gasteiger partial charge in [0.15, 0.2) is 5.96 Å². The molecule has 2 aromatic rings. The Morgan fingerprint density at radius 2 is 2.08 bits per heavy atom. The molecule has 0 fully saturated rings. The molecule has 1 aliphatic carbocycles. The Bertz CT molecular complexity index is 711. The molecule has 1 unspecified atom stereocenters. The second-order valence-corrected chi connectivity index (χ2v) is 7.21. The molecule has 1 aromatic carbocycles. The largest absolute Gasteiger partial charge is 0.357 e. The highest BCUT2D eigenvalue weighted by Gasteiger charge is 2.25. The van der Waals surface area contributed by atoms with E-state index in [0.717, 1.165) is 36.2 Å². The summed E-state index contributed by atoms with van der Waals surface area (Å²) in [7, 11) is 0. The summed E-state index contributed by atoms with van der Waals surface area (Å²) < 4.78 is 0. The SMILES string of the molecule is CCNC(=NCc1sc(C)nc1C)NCC1Cc2ccccc21.I. The molecular formula is C18H25IN4S. The fourth-order valence-electron chi connectivity index (χ4n) is 2.98. The summed E-state index contributed by atoms with van der Waals surface area (Å²) in [4.78, 5) is 10.4. The topological polar surface area (TPSA) is 49.3 Å². The normalized spacial score (nSPS) is 16.0. The summed E-state index contributed by atoms with van der Waals surface area (Å²) in [6.45, 7) is 8.69. The van der Waals surface area contributed by atoms with E-state index >= 15 is 0 Å². The van der Waals surface area contributed by atoms with Gasteiger partial charge in [0, 0.05) is 23.9 Å². The number of aryl methyl sites for hydroxylation is 2. The molecule has 130 valence electrons. The van der Waals surface area contributed by atoms with Gasteiger partial charge in [0.1, 0.15) is 0 Å². The van der Waals surface area contributed by atoms with Gasteiger partial charge in [-0.25, -0.2) is 9.98 Å². The standard InChI is InChI=1S/C18H24N4S.HI/c1-4-19-18(21-11-17-12(2)22-13(3)23-17)20-10-15-9-14-7-5-6-8-16(14)15;/h5-8,15H,4,9-11H2,1-3H3,(H2,19,20,21);1H. The molecule has 6 heteroatoms. The van der Waals surface area contributed by atoms with Crippen molar-refractivity contribution >= 4 is 41.3 Å². The number of nitrogens with one attached hydrogen (secondary N) is 2. The third-order valence-electron chi connectivity index (χ3n) is 4.20. The van der Waals surface area contributed by atoms with Crippen LogP contribution >= 0.6 is 35.3 Å². The van der Waals surface area contributed by atoms with Crippen LogP contribution in [0, 0.1) is 13.8 Å². The number of fused-ring (bicyclic) bond motifs is 1. The van der Waals surface area contributed by atoms with E-state index in [-0.39, 0.29) is 24.0 Å². The maximum Gasteiger partial charge on any atom is 0.191 e. The van der Waals surface area contributed by atoms with Crippen molar-refractivity contribution in [3.8, 4) is 0 Å². The van der Waals surface area contributed by atoms with Crippen LogP contribution in [-0.2, 0) is 13.0 Å².